The van der Waals surface area contributed by atoms with Crippen LogP contribution < -0.4 is 10.6 Å². The quantitative estimate of drug-likeness (QED) is 0.589. The number of nitrogens with one attached hydrogen (secondary N) is 2. The van der Waals surface area contributed by atoms with E-state index in [1.165, 1.54) is 0 Å². The summed E-state index contributed by atoms with van der Waals surface area (Å²) in [5.41, 5.74) is 2.41. The number of benzene rings is 2. The van der Waals surface area contributed by atoms with E-state index >= 15 is 0 Å². The van der Waals surface area contributed by atoms with Gasteiger partial charge in [-0.05, 0) is 43.2 Å². The van der Waals surface area contributed by atoms with Crippen LogP contribution >= 0.6 is 0 Å². The molecule has 0 unspecified atom stereocenters. The minimum absolute atomic E-state index is 0.0843. The van der Waals surface area contributed by atoms with Crippen LogP contribution in [0.25, 0.3) is 0 Å². The Hall–Kier alpha value is -3.09. The molecule has 0 amide bonds. The van der Waals surface area contributed by atoms with Gasteiger partial charge in [0.1, 0.15) is 11.4 Å². The highest BCUT2D eigenvalue weighted by Gasteiger charge is 2.35. The summed E-state index contributed by atoms with van der Waals surface area (Å²) >= 11 is 0. The van der Waals surface area contributed by atoms with Crippen molar-refractivity contribution in [3.05, 3.63) is 71.4 Å². The minimum Gasteiger partial charge on any atom is -0.340 e. The average Bonchev–Trinajstić information content (AvgIpc) is 2.63. The van der Waals surface area contributed by atoms with Crippen LogP contribution in [-0.4, -0.2) is 9.97 Å². The lowest BCUT2D eigenvalue weighted by atomic mass is 10.1. The van der Waals surface area contributed by atoms with Gasteiger partial charge in [-0.25, -0.2) is 4.98 Å². The Kier molecular flexibility index (Phi) is 5.30. The van der Waals surface area contributed by atoms with Crippen molar-refractivity contribution in [3.8, 4) is 0 Å². The molecule has 7 heteroatoms. The SMILES string of the molecule is CCc1cccc(Nc2nc(Nc3ccc(C)cc3)ncc2C(F)(F)F)c1. The number of hydrogen-bond acceptors (Lipinski definition) is 4. The molecule has 0 aliphatic rings. The van der Waals surface area contributed by atoms with E-state index in [0.717, 1.165) is 23.7 Å². The molecule has 4 nitrogen and oxygen atoms in total. The monoisotopic (exact) mass is 372 g/mol. The second-order valence-corrected chi connectivity index (χ2v) is 6.12. The number of nitrogens with zero attached hydrogens (tertiary/aromatic N) is 2. The number of aryl methyl sites for hydroxylation is 2. The molecule has 0 radical (unpaired) electrons. The highest BCUT2D eigenvalue weighted by atomic mass is 19.4. The number of alkyl halides is 3. The van der Waals surface area contributed by atoms with E-state index in [-0.39, 0.29) is 11.8 Å². The first-order chi connectivity index (χ1) is 12.8. The van der Waals surface area contributed by atoms with Crippen LogP contribution in [0.15, 0.2) is 54.7 Å². The summed E-state index contributed by atoms with van der Waals surface area (Å²) in [6, 6.07) is 14.6. The number of halogens is 3. The van der Waals surface area contributed by atoms with Crippen LogP contribution in [0.1, 0.15) is 23.6 Å². The van der Waals surface area contributed by atoms with Crippen molar-refractivity contribution >= 4 is 23.1 Å². The Labute approximate surface area is 155 Å². The van der Waals surface area contributed by atoms with Crippen molar-refractivity contribution in [1.82, 2.24) is 9.97 Å². The third-order valence-electron chi connectivity index (χ3n) is 4.00. The lowest BCUT2D eigenvalue weighted by Gasteiger charge is -2.15. The van der Waals surface area contributed by atoms with Gasteiger partial charge in [0.25, 0.3) is 0 Å². The van der Waals surface area contributed by atoms with Gasteiger partial charge in [-0.15, -0.1) is 0 Å². The van der Waals surface area contributed by atoms with Crippen LogP contribution in [0.5, 0.6) is 0 Å². The molecule has 0 saturated carbocycles. The third kappa shape index (κ3) is 4.75. The Balaban J connectivity index is 1.94. The predicted octanol–water partition coefficient (Wildman–Crippen LogP) is 5.85. The van der Waals surface area contributed by atoms with E-state index in [1.54, 1.807) is 18.2 Å². The lowest BCUT2D eigenvalue weighted by Crippen LogP contribution is -2.12. The second-order valence-electron chi connectivity index (χ2n) is 6.12. The summed E-state index contributed by atoms with van der Waals surface area (Å²) in [7, 11) is 0. The van der Waals surface area contributed by atoms with Gasteiger partial charge < -0.3 is 10.6 Å². The highest BCUT2D eigenvalue weighted by Crippen LogP contribution is 2.35. The standard InChI is InChI=1S/C20H19F3N4/c1-3-14-5-4-6-16(11-14)25-18-17(20(21,22)23)12-24-19(27-18)26-15-9-7-13(2)8-10-15/h4-12H,3H2,1-2H3,(H2,24,25,26,27). The maximum absolute atomic E-state index is 13.4. The first-order valence-electron chi connectivity index (χ1n) is 8.49. The van der Waals surface area contributed by atoms with Gasteiger partial charge >= 0.3 is 6.18 Å². The van der Waals surface area contributed by atoms with Gasteiger partial charge in [0.2, 0.25) is 5.95 Å². The van der Waals surface area contributed by atoms with E-state index in [9.17, 15) is 13.2 Å². The van der Waals surface area contributed by atoms with Crippen molar-refractivity contribution in [2.24, 2.45) is 0 Å². The average molecular weight is 372 g/mol. The topological polar surface area (TPSA) is 49.8 Å². The first kappa shape index (κ1) is 18.7. The fourth-order valence-corrected chi connectivity index (χ4v) is 2.52. The molecule has 0 aliphatic carbocycles. The predicted molar refractivity (Wildman–Crippen MR) is 101 cm³/mol. The molecular formula is C20H19F3N4. The van der Waals surface area contributed by atoms with Gasteiger partial charge in [0, 0.05) is 17.6 Å². The van der Waals surface area contributed by atoms with Gasteiger partial charge in [-0.3, -0.25) is 0 Å². The lowest BCUT2D eigenvalue weighted by molar-refractivity contribution is -0.137. The maximum atomic E-state index is 13.4. The molecule has 1 heterocycles. The summed E-state index contributed by atoms with van der Waals surface area (Å²) < 4.78 is 40.1. The summed E-state index contributed by atoms with van der Waals surface area (Å²) in [4.78, 5) is 7.87. The van der Waals surface area contributed by atoms with E-state index < -0.39 is 11.7 Å². The molecule has 2 aromatic carbocycles. The zero-order valence-electron chi connectivity index (χ0n) is 14.9. The summed E-state index contributed by atoms with van der Waals surface area (Å²) in [5, 5.41) is 5.71. The van der Waals surface area contributed by atoms with E-state index in [1.807, 2.05) is 44.2 Å². The molecule has 3 aromatic rings. The number of hydrogen-bond donors (Lipinski definition) is 2. The van der Waals surface area contributed by atoms with Gasteiger partial charge in [-0.1, -0.05) is 36.8 Å². The molecule has 0 atom stereocenters. The molecule has 0 saturated heterocycles. The zero-order valence-corrected chi connectivity index (χ0v) is 14.9. The van der Waals surface area contributed by atoms with Crippen molar-refractivity contribution in [2.75, 3.05) is 10.6 Å². The van der Waals surface area contributed by atoms with Crippen molar-refractivity contribution < 1.29 is 13.2 Å². The highest BCUT2D eigenvalue weighted by molar-refractivity contribution is 5.63. The van der Waals surface area contributed by atoms with Crippen molar-refractivity contribution in [2.45, 2.75) is 26.4 Å². The van der Waals surface area contributed by atoms with Crippen LogP contribution in [0.4, 0.5) is 36.3 Å². The van der Waals surface area contributed by atoms with Crippen LogP contribution in [-0.2, 0) is 12.6 Å². The Morgan fingerprint density at radius 1 is 0.963 bits per heavy atom. The molecule has 1 aromatic heterocycles. The fraction of sp³-hybridized carbons (Fsp3) is 0.200. The smallest absolute Gasteiger partial charge is 0.340 e. The second kappa shape index (κ2) is 7.65. The largest absolute Gasteiger partial charge is 0.421 e. The Morgan fingerprint density at radius 3 is 2.37 bits per heavy atom. The number of aromatic nitrogens is 2. The van der Waals surface area contributed by atoms with E-state index in [0.29, 0.717) is 11.4 Å². The molecule has 140 valence electrons. The molecule has 27 heavy (non-hydrogen) atoms. The van der Waals surface area contributed by atoms with Gasteiger partial charge in [-0.2, -0.15) is 18.2 Å². The molecule has 0 spiro atoms. The first-order valence-corrected chi connectivity index (χ1v) is 8.49. The molecule has 3 rings (SSSR count). The molecular weight excluding hydrogens is 353 g/mol. The molecule has 0 aliphatic heterocycles. The van der Waals surface area contributed by atoms with Crippen molar-refractivity contribution in [3.63, 3.8) is 0 Å². The van der Waals surface area contributed by atoms with Crippen LogP contribution in [0, 0.1) is 6.92 Å². The third-order valence-corrected chi connectivity index (χ3v) is 4.00. The number of rotatable bonds is 5. The molecule has 2 N–H and O–H groups in total. The van der Waals surface area contributed by atoms with Crippen LogP contribution in [0.2, 0.25) is 0 Å². The Bertz CT molecular complexity index is 921. The molecule has 0 bridgehead atoms. The summed E-state index contributed by atoms with van der Waals surface area (Å²) in [6.07, 6.45) is -2.99. The van der Waals surface area contributed by atoms with E-state index in [4.69, 9.17) is 0 Å². The van der Waals surface area contributed by atoms with Crippen molar-refractivity contribution in [1.29, 1.82) is 0 Å². The maximum Gasteiger partial charge on any atom is 0.421 e. The molecule has 0 fully saturated rings. The fourth-order valence-electron chi connectivity index (χ4n) is 2.52. The minimum atomic E-state index is -4.56. The number of anilines is 4. The normalized spacial score (nSPS) is 11.3. The Morgan fingerprint density at radius 2 is 1.70 bits per heavy atom. The van der Waals surface area contributed by atoms with Gasteiger partial charge in [0.15, 0.2) is 0 Å². The summed E-state index contributed by atoms with van der Waals surface area (Å²) in [5.74, 6) is -0.207. The van der Waals surface area contributed by atoms with Gasteiger partial charge in [0.05, 0.1) is 0 Å². The summed E-state index contributed by atoms with van der Waals surface area (Å²) in [6.45, 7) is 3.93. The zero-order chi connectivity index (χ0) is 19.4. The van der Waals surface area contributed by atoms with E-state index in [2.05, 4.69) is 20.6 Å². The van der Waals surface area contributed by atoms with Crippen LogP contribution in [0.3, 0.4) is 0 Å².